The van der Waals surface area contributed by atoms with E-state index in [1.807, 2.05) is 5.32 Å². The molecule has 0 bridgehead atoms. The van der Waals surface area contributed by atoms with Gasteiger partial charge in [0.2, 0.25) is 5.91 Å². The van der Waals surface area contributed by atoms with Gasteiger partial charge in [-0.1, -0.05) is 12.1 Å². The van der Waals surface area contributed by atoms with Gasteiger partial charge in [-0.25, -0.2) is 17.6 Å². The van der Waals surface area contributed by atoms with Gasteiger partial charge in [0.1, 0.15) is 5.82 Å². The molecule has 0 saturated heterocycles. The van der Waals surface area contributed by atoms with Gasteiger partial charge in [-0.05, 0) is 29.8 Å². The molecule has 0 heterocycles. The highest BCUT2D eigenvalue weighted by molar-refractivity contribution is 5.95. The summed E-state index contributed by atoms with van der Waals surface area (Å²) in [7, 11) is 0. The van der Waals surface area contributed by atoms with Crippen LogP contribution in [-0.4, -0.2) is 30.9 Å². The zero-order valence-electron chi connectivity index (χ0n) is 14.2. The summed E-state index contributed by atoms with van der Waals surface area (Å²) >= 11 is 0. The molecule has 0 saturated carbocycles. The minimum absolute atomic E-state index is 0.177. The van der Waals surface area contributed by atoms with Crippen LogP contribution in [0.25, 0.3) is 0 Å². The summed E-state index contributed by atoms with van der Waals surface area (Å²) in [6.45, 7) is -1.29. The lowest BCUT2D eigenvalue weighted by molar-refractivity contribution is -0.147. The van der Waals surface area contributed by atoms with Gasteiger partial charge < -0.3 is 15.4 Å². The largest absolute Gasteiger partial charge is 0.455 e. The van der Waals surface area contributed by atoms with Crippen molar-refractivity contribution < 1.29 is 36.7 Å². The van der Waals surface area contributed by atoms with E-state index in [1.165, 1.54) is 24.3 Å². The first-order chi connectivity index (χ1) is 13.3. The van der Waals surface area contributed by atoms with Gasteiger partial charge >= 0.3 is 5.97 Å². The molecule has 28 heavy (non-hydrogen) atoms. The van der Waals surface area contributed by atoms with Crippen molar-refractivity contribution in [1.29, 1.82) is 0 Å². The van der Waals surface area contributed by atoms with E-state index in [4.69, 9.17) is 4.74 Å². The zero-order chi connectivity index (χ0) is 20.7. The van der Waals surface area contributed by atoms with Crippen LogP contribution < -0.4 is 10.6 Å². The van der Waals surface area contributed by atoms with Gasteiger partial charge in [0, 0.05) is 0 Å². The number of halogens is 4. The van der Waals surface area contributed by atoms with Gasteiger partial charge in [-0.15, -0.1) is 0 Å². The third kappa shape index (κ3) is 6.08. The van der Waals surface area contributed by atoms with E-state index in [1.54, 1.807) is 0 Å². The van der Waals surface area contributed by atoms with Gasteiger partial charge in [0.05, 0.1) is 18.7 Å². The Hall–Kier alpha value is -3.43. The number of ether oxygens (including phenoxy) is 1. The second kappa shape index (κ2) is 9.49. The Morgan fingerprint density at radius 1 is 0.857 bits per heavy atom. The SMILES string of the molecule is O=C(COC(=O)Cc1ccc(F)cc1)NCC(=O)Nc1ccc(F)c(F)c1F. The molecular formula is C18H14F4N2O4. The molecule has 0 atom stereocenters. The van der Waals surface area contributed by atoms with Gasteiger partial charge in [0.15, 0.2) is 24.1 Å². The van der Waals surface area contributed by atoms with Gasteiger partial charge in [-0.3, -0.25) is 14.4 Å². The lowest BCUT2D eigenvalue weighted by Crippen LogP contribution is -2.35. The minimum Gasteiger partial charge on any atom is -0.455 e. The van der Waals surface area contributed by atoms with E-state index in [2.05, 4.69) is 5.32 Å². The van der Waals surface area contributed by atoms with Crippen molar-refractivity contribution in [2.24, 2.45) is 0 Å². The normalized spacial score (nSPS) is 10.3. The summed E-state index contributed by atoms with van der Waals surface area (Å²) in [6.07, 6.45) is -0.177. The fourth-order valence-corrected chi connectivity index (χ4v) is 2.01. The van der Waals surface area contributed by atoms with Crippen LogP contribution >= 0.6 is 0 Å². The maximum atomic E-state index is 13.4. The highest BCUT2D eigenvalue weighted by atomic mass is 19.2. The van der Waals surface area contributed by atoms with Crippen molar-refractivity contribution in [3.05, 3.63) is 65.2 Å². The Labute approximate surface area is 156 Å². The quantitative estimate of drug-likeness (QED) is 0.425. The number of carbonyl (C=O) groups is 3. The monoisotopic (exact) mass is 398 g/mol. The molecule has 2 rings (SSSR count). The summed E-state index contributed by atoms with van der Waals surface area (Å²) < 4.78 is 56.8. The fraction of sp³-hybridized carbons (Fsp3) is 0.167. The van der Waals surface area contributed by atoms with Crippen LogP contribution in [0.5, 0.6) is 0 Å². The molecule has 2 amide bonds. The number of benzene rings is 2. The van der Waals surface area contributed by atoms with Crippen molar-refractivity contribution in [2.75, 3.05) is 18.5 Å². The third-order valence-electron chi connectivity index (χ3n) is 3.38. The molecule has 148 valence electrons. The molecule has 6 nitrogen and oxygen atoms in total. The molecule has 0 aliphatic heterocycles. The molecule has 0 fully saturated rings. The van der Waals surface area contributed by atoms with E-state index in [-0.39, 0.29) is 6.42 Å². The summed E-state index contributed by atoms with van der Waals surface area (Å²) in [6, 6.07) is 6.57. The van der Waals surface area contributed by atoms with Crippen LogP contribution in [0, 0.1) is 23.3 Å². The number of amides is 2. The second-order valence-corrected chi connectivity index (χ2v) is 5.51. The van der Waals surface area contributed by atoms with Crippen LogP contribution in [0.1, 0.15) is 5.56 Å². The predicted octanol–water partition coefficient (Wildman–Crippen LogP) is 2.08. The molecule has 0 radical (unpaired) electrons. The maximum Gasteiger partial charge on any atom is 0.310 e. The minimum atomic E-state index is -1.74. The Morgan fingerprint density at radius 2 is 1.54 bits per heavy atom. The summed E-state index contributed by atoms with van der Waals surface area (Å²) in [5.74, 6) is -7.65. The molecular weight excluding hydrogens is 384 g/mol. The van der Waals surface area contributed by atoms with Gasteiger partial charge in [0.25, 0.3) is 5.91 Å². The van der Waals surface area contributed by atoms with E-state index >= 15 is 0 Å². The first-order valence-corrected chi connectivity index (χ1v) is 7.86. The number of nitrogens with one attached hydrogen (secondary N) is 2. The average Bonchev–Trinajstić information content (AvgIpc) is 2.67. The van der Waals surface area contributed by atoms with E-state index in [9.17, 15) is 31.9 Å². The maximum absolute atomic E-state index is 13.4. The molecule has 2 aromatic carbocycles. The van der Waals surface area contributed by atoms with Crippen LogP contribution in [0.15, 0.2) is 36.4 Å². The highest BCUT2D eigenvalue weighted by Crippen LogP contribution is 2.19. The number of anilines is 1. The Kier molecular flexibility index (Phi) is 7.08. The van der Waals surface area contributed by atoms with Crippen molar-refractivity contribution >= 4 is 23.5 Å². The van der Waals surface area contributed by atoms with Crippen LogP contribution in [-0.2, 0) is 25.5 Å². The van der Waals surface area contributed by atoms with E-state index in [0.29, 0.717) is 11.6 Å². The molecule has 2 N–H and O–H groups in total. The summed E-state index contributed by atoms with van der Waals surface area (Å²) in [5.41, 5.74) is -0.108. The molecule has 0 unspecified atom stereocenters. The molecule has 0 aromatic heterocycles. The number of hydrogen-bond donors (Lipinski definition) is 2. The molecule has 0 aliphatic carbocycles. The number of hydrogen-bond acceptors (Lipinski definition) is 4. The van der Waals surface area contributed by atoms with Crippen molar-refractivity contribution in [3.63, 3.8) is 0 Å². The standard InChI is InChI=1S/C18H14F4N2O4/c19-11-3-1-10(2-4-11)7-16(27)28-9-15(26)23-8-14(25)24-13-6-5-12(20)17(21)18(13)22/h1-6H,7-9H2,(H,23,26)(H,24,25). The molecule has 2 aromatic rings. The number of esters is 1. The lowest BCUT2D eigenvalue weighted by Gasteiger charge is -2.09. The summed E-state index contributed by atoms with van der Waals surface area (Å²) in [4.78, 5) is 34.8. The topological polar surface area (TPSA) is 84.5 Å². The molecule has 0 spiro atoms. The number of carbonyl (C=O) groups excluding carboxylic acids is 3. The van der Waals surface area contributed by atoms with Gasteiger partial charge in [-0.2, -0.15) is 0 Å². The molecule has 10 heteroatoms. The zero-order valence-corrected chi connectivity index (χ0v) is 14.2. The Balaban J connectivity index is 1.73. The molecule has 0 aliphatic rings. The summed E-state index contributed by atoms with van der Waals surface area (Å²) in [5, 5.41) is 4.07. The van der Waals surface area contributed by atoms with Crippen LogP contribution in [0.4, 0.5) is 23.2 Å². The van der Waals surface area contributed by atoms with Crippen molar-refractivity contribution in [2.45, 2.75) is 6.42 Å². The predicted molar refractivity (Wildman–Crippen MR) is 89.0 cm³/mol. The van der Waals surface area contributed by atoms with Crippen LogP contribution in [0.2, 0.25) is 0 Å². The second-order valence-electron chi connectivity index (χ2n) is 5.51. The average molecular weight is 398 g/mol. The first-order valence-electron chi connectivity index (χ1n) is 7.86. The lowest BCUT2D eigenvalue weighted by atomic mass is 10.1. The Bertz CT molecular complexity index is 888. The first kappa shape index (κ1) is 20.9. The third-order valence-corrected chi connectivity index (χ3v) is 3.38. The fourth-order valence-electron chi connectivity index (χ4n) is 2.01. The number of rotatable bonds is 7. The smallest absolute Gasteiger partial charge is 0.310 e. The highest BCUT2D eigenvalue weighted by Gasteiger charge is 2.16. The van der Waals surface area contributed by atoms with Crippen molar-refractivity contribution in [3.8, 4) is 0 Å². The van der Waals surface area contributed by atoms with E-state index in [0.717, 1.165) is 6.07 Å². The van der Waals surface area contributed by atoms with Crippen LogP contribution in [0.3, 0.4) is 0 Å². The Morgan fingerprint density at radius 3 is 2.21 bits per heavy atom. The van der Waals surface area contributed by atoms with E-state index < -0.39 is 59.9 Å². The van der Waals surface area contributed by atoms with Crippen molar-refractivity contribution in [1.82, 2.24) is 5.32 Å².